The summed E-state index contributed by atoms with van der Waals surface area (Å²) < 4.78 is 18.4. The van der Waals surface area contributed by atoms with Crippen molar-refractivity contribution in [2.45, 2.75) is 27.3 Å². The largest absolute Gasteiger partial charge is 0.494 e. The number of benzene rings is 1. The molecule has 1 amide bonds. The lowest BCUT2D eigenvalue weighted by atomic mass is 10.2. The monoisotopic (exact) mass is 265 g/mol. The molecular formula is C15H20FNO2. The number of ether oxygens (including phenoxy) is 1. The first-order valence-electron chi connectivity index (χ1n) is 6.24. The summed E-state index contributed by atoms with van der Waals surface area (Å²) in [6, 6.07) is 4.74. The molecule has 0 bridgehead atoms. The molecule has 0 fully saturated rings. The number of carbonyl (C=O) groups is 1. The Morgan fingerprint density at radius 3 is 2.58 bits per heavy atom. The highest BCUT2D eigenvalue weighted by Gasteiger charge is 2.11. The Balaban J connectivity index is 2.84. The lowest BCUT2D eigenvalue weighted by molar-refractivity contribution is -0.126. The maximum absolute atomic E-state index is 13.6. The molecule has 0 atom stereocenters. The van der Waals surface area contributed by atoms with Crippen LogP contribution in [0.5, 0.6) is 5.75 Å². The van der Waals surface area contributed by atoms with Crippen molar-refractivity contribution in [1.82, 2.24) is 4.90 Å². The lowest BCUT2D eigenvalue weighted by Crippen LogP contribution is -2.28. The molecule has 1 aromatic rings. The highest BCUT2D eigenvalue weighted by atomic mass is 19.1. The van der Waals surface area contributed by atoms with E-state index in [0.29, 0.717) is 13.1 Å². The maximum atomic E-state index is 13.6. The second-order valence-corrected chi connectivity index (χ2v) is 4.54. The molecule has 4 heteroatoms. The molecule has 0 aliphatic carbocycles. The normalized spacial score (nSPS) is 9.95. The van der Waals surface area contributed by atoms with E-state index in [2.05, 4.69) is 0 Å². The molecule has 0 heterocycles. The van der Waals surface area contributed by atoms with E-state index in [1.165, 1.54) is 13.2 Å². The molecule has 0 saturated heterocycles. The summed E-state index contributed by atoms with van der Waals surface area (Å²) in [4.78, 5) is 13.6. The molecule has 0 aromatic heterocycles. The van der Waals surface area contributed by atoms with Crippen LogP contribution < -0.4 is 4.74 Å². The van der Waals surface area contributed by atoms with Gasteiger partial charge in [0, 0.05) is 19.2 Å². The molecule has 0 N–H and O–H groups in total. The van der Waals surface area contributed by atoms with Crippen LogP contribution in [0.4, 0.5) is 4.39 Å². The van der Waals surface area contributed by atoms with Crippen molar-refractivity contribution in [2.75, 3.05) is 13.7 Å². The standard InChI is InChI=1S/C15H20FNO2/c1-5-17(15(18)8-11(2)3)10-12-6-7-14(19-4)13(16)9-12/h6-9H,5,10H2,1-4H3. The number of hydrogen-bond donors (Lipinski definition) is 0. The Morgan fingerprint density at radius 1 is 1.42 bits per heavy atom. The molecule has 0 unspecified atom stereocenters. The van der Waals surface area contributed by atoms with Gasteiger partial charge in [-0.15, -0.1) is 0 Å². The first-order chi connectivity index (χ1) is 8.97. The third kappa shape index (κ3) is 4.39. The van der Waals surface area contributed by atoms with Crippen LogP contribution in [0.25, 0.3) is 0 Å². The molecule has 19 heavy (non-hydrogen) atoms. The van der Waals surface area contributed by atoms with Gasteiger partial charge >= 0.3 is 0 Å². The van der Waals surface area contributed by atoms with Gasteiger partial charge in [0.1, 0.15) is 0 Å². The smallest absolute Gasteiger partial charge is 0.246 e. The van der Waals surface area contributed by atoms with Crippen molar-refractivity contribution in [1.29, 1.82) is 0 Å². The van der Waals surface area contributed by atoms with Gasteiger partial charge in [0.15, 0.2) is 11.6 Å². The van der Waals surface area contributed by atoms with Gasteiger partial charge < -0.3 is 9.64 Å². The van der Waals surface area contributed by atoms with Crippen molar-refractivity contribution in [3.05, 3.63) is 41.2 Å². The van der Waals surface area contributed by atoms with E-state index in [1.807, 2.05) is 20.8 Å². The SMILES string of the molecule is CCN(Cc1ccc(OC)c(F)c1)C(=O)C=C(C)C. The summed E-state index contributed by atoms with van der Waals surface area (Å²) in [6.45, 7) is 6.62. The molecule has 0 saturated carbocycles. The summed E-state index contributed by atoms with van der Waals surface area (Å²) in [5.74, 6) is -0.258. The summed E-state index contributed by atoms with van der Waals surface area (Å²) in [6.07, 6.45) is 1.59. The zero-order valence-corrected chi connectivity index (χ0v) is 11.9. The maximum Gasteiger partial charge on any atom is 0.246 e. The van der Waals surface area contributed by atoms with Gasteiger partial charge in [0.2, 0.25) is 5.91 Å². The van der Waals surface area contributed by atoms with Gasteiger partial charge in [-0.3, -0.25) is 4.79 Å². The number of rotatable bonds is 5. The van der Waals surface area contributed by atoms with E-state index >= 15 is 0 Å². The van der Waals surface area contributed by atoms with Gasteiger partial charge in [0.25, 0.3) is 0 Å². The van der Waals surface area contributed by atoms with Gasteiger partial charge in [-0.2, -0.15) is 0 Å². The van der Waals surface area contributed by atoms with E-state index in [-0.39, 0.29) is 11.7 Å². The zero-order valence-electron chi connectivity index (χ0n) is 11.9. The lowest BCUT2D eigenvalue weighted by Gasteiger charge is -2.19. The minimum absolute atomic E-state index is 0.0567. The van der Waals surface area contributed by atoms with Crippen LogP contribution in [0.1, 0.15) is 26.3 Å². The number of carbonyl (C=O) groups excluding carboxylic acids is 1. The van der Waals surface area contributed by atoms with Crippen molar-refractivity contribution in [3.8, 4) is 5.75 Å². The first kappa shape index (κ1) is 15.2. The van der Waals surface area contributed by atoms with E-state index in [9.17, 15) is 9.18 Å². The van der Waals surface area contributed by atoms with Crippen molar-refractivity contribution in [2.24, 2.45) is 0 Å². The number of halogens is 1. The van der Waals surface area contributed by atoms with E-state index in [4.69, 9.17) is 4.74 Å². The van der Waals surface area contributed by atoms with Gasteiger partial charge in [-0.1, -0.05) is 11.6 Å². The van der Waals surface area contributed by atoms with E-state index in [1.54, 1.807) is 23.1 Å². The fourth-order valence-corrected chi connectivity index (χ4v) is 1.71. The van der Waals surface area contributed by atoms with Crippen molar-refractivity contribution < 1.29 is 13.9 Å². The second-order valence-electron chi connectivity index (χ2n) is 4.54. The molecule has 0 aliphatic heterocycles. The Kier molecular flexibility index (Phi) is 5.55. The van der Waals surface area contributed by atoms with E-state index in [0.717, 1.165) is 11.1 Å². The van der Waals surface area contributed by atoms with Crippen LogP contribution in [0, 0.1) is 5.82 Å². The van der Waals surface area contributed by atoms with Crippen LogP contribution >= 0.6 is 0 Å². The van der Waals surface area contributed by atoms with Crippen LogP contribution in [0.15, 0.2) is 29.8 Å². The minimum Gasteiger partial charge on any atom is -0.494 e. The number of likely N-dealkylation sites (N-methyl/N-ethyl adjacent to an activating group) is 1. The Bertz CT molecular complexity index is 479. The predicted molar refractivity (Wildman–Crippen MR) is 73.5 cm³/mol. The third-order valence-corrected chi connectivity index (χ3v) is 2.70. The van der Waals surface area contributed by atoms with Crippen LogP contribution in [-0.2, 0) is 11.3 Å². The Labute approximate surface area is 113 Å². The summed E-state index contributed by atoms with van der Waals surface area (Å²) in [5, 5.41) is 0. The molecule has 0 spiro atoms. The van der Waals surface area contributed by atoms with Crippen LogP contribution in [0.3, 0.4) is 0 Å². The Morgan fingerprint density at radius 2 is 2.11 bits per heavy atom. The van der Waals surface area contributed by atoms with Crippen LogP contribution in [-0.4, -0.2) is 24.5 Å². The summed E-state index contributed by atoms with van der Waals surface area (Å²) >= 11 is 0. The fraction of sp³-hybridized carbons (Fsp3) is 0.400. The van der Waals surface area contributed by atoms with Crippen molar-refractivity contribution in [3.63, 3.8) is 0 Å². The van der Waals surface area contributed by atoms with Gasteiger partial charge in [-0.05, 0) is 38.5 Å². The molecule has 1 aromatic carbocycles. The third-order valence-electron chi connectivity index (χ3n) is 2.70. The molecule has 0 radical (unpaired) electrons. The fourth-order valence-electron chi connectivity index (χ4n) is 1.71. The number of nitrogens with zero attached hydrogens (tertiary/aromatic N) is 1. The number of allylic oxidation sites excluding steroid dienone is 1. The average Bonchev–Trinajstić information content (AvgIpc) is 2.35. The molecule has 3 nitrogen and oxygen atoms in total. The first-order valence-corrected chi connectivity index (χ1v) is 6.24. The van der Waals surface area contributed by atoms with Crippen molar-refractivity contribution >= 4 is 5.91 Å². The molecular weight excluding hydrogens is 245 g/mol. The highest BCUT2D eigenvalue weighted by molar-refractivity contribution is 5.88. The average molecular weight is 265 g/mol. The topological polar surface area (TPSA) is 29.5 Å². The Hall–Kier alpha value is -1.84. The highest BCUT2D eigenvalue weighted by Crippen LogP contribution is 2.18. The second kappa shape index (κ2) is 6.92. The number of hydrogen-bond acceptors (Lipinski definition) is 2. The zero-order chi connectivity index (χ0) is 14.4. The van der Waals surface area contributed by atoms with E-state index < -0.39 is 5.82 Å². The molecule has 104 valence electrons. The summed E-state index contributed by atoms with van der Waals surface area (Å²) in [7, 11) is 1.43. The molecule has 0 aliphatic rings. The number of amides is 1. The van der Waals surface area contributed by atoms with Crippen LogP contribution in [0.2, 0.25) is 0 Å². The van der Waals surface area contributed by atoms with Gasteiger partial charge in [-0.25, -0.2) is 4.39 Å². The quantitative estimate of drug-likeness (QED) is 0.765. The van der Waals surface area contributed by atoms with Gasteiger partial charge in [0.05, 0.1) is 7.11 Å². The predicted octanol–water partition coefficient (Wildman–Crippen LogP) is 3.15. The molecule has 1 rings (SSSR count). The minimum atomic E-state index is -0.411. The summed E-state index contributed by atoms with van der Waals surface area (Å²) in [5.41, 5.74) is 1.69. The number of methoxy groups -OCH3 is 1.